The molecule has 0 fully saturated rings. The van der Waals surface area contributed by atoms with Crippen LogP contribution in [0.15, 0.2) is 34.2 Å². The minimum Gasteiger partial charge on any atom is -0.341 e. The number of amides is 3. The number of aryl methyl sites for hydroxylation is 1. The summed E-state index contributed by atoms with van der Waals surface area (Å²) in [5, 5.41) is 4.54. The predicted octanol–water partition coefficient (Wildman–Crippen LogP) is 3.65. The Morgan fingerprint density at radius 3 is 2.81 bits per heavy atom. The molecule has 1 aliphatic rings. The smallest absolute Gasteiger partial charge is 0.321 e. The normalized spacial score (nSPS) is 16.4. The minimum atomic E-state index is -0.746. The summed E-state index contributed by atoms with van der Waals surface area (Å²) < 4.78 is 16.0. The fraction of sp³-hybridized carbons (Fsp3) is 0.364. The van der Waals surface area contributed by atoms with Gasteiger partial charge in [-0.3, -0.25) is 19.5 Å². The van der Waals surface area contributed by atoms with Crippen LogP contribution in [0.3, 0.4) is 0 Å². The lowest BCUT2D eigenvalue weighted by Crippen LogP contribution is -2.41. The Morgan fingerprint density at radius 1 is 1.34 bits per heavy atom. The first kappa shape index (κ1) is 22.5. The zero-order chi connectivity index (χ0) is 23.0. The van der Waals surface area contributed by atoms with E-state index >= 15 is 0 Å². The first-order valence-electron chi connectivity index (χ1n) is 10.3. The molecular weight excluding hydrogens is 451 g/mol. The van der Waals surface area contributed by atoms with Crippen LogP contribution in [-0.2, 0) is 17.6 Å². The van der Waals surface area contributed by atoms with Gasteiger partial charge >= 0.3 is 6.03 Å². The molecule has 3 amide bonds. The van der Waals surface area contributed by atoms with E-state index in [1.165, 1.54) is 35.1 Å². The van der Waals surface area contributed by atoms with E-state index in [0.717, 1.165) is 41.5 Å². The lowest BCUT2D eigenvalue weighted by molar-refractivity contribution is -0.119. The summed E-state index contributed by atoms with van der Waals surface area (Å²) in [6.07, 6.45) is 2.68. The van der Waals surface area contributed by atoms with Crippen LogP contribution < -0.4 is 16.2 Å². The maximum absolute atomic E-state index is 14.7. The molecule has 0 saturated heterocycles. The highest BCUT2D eigenvalue weighted by Gasteiger charge is 2.27. The predicted molar refractivity (Wildman–Crippen MR) is 124 cm³/mol. The van der Waals surface area contributed by atoms with Crippen molar-refractivity contribution < 1.29 is 14.0 Å². The zero-order valence-electron chi connectivity index (χ0n) is 17.9. The van der Waals surface area contributed by atoms with Crippen molar-refractivity contribution in [2.75, 3.05) is 7.05 Å². The third-order valence-electron chi connectivity index (χ3n) is 5.51. The number of imide groups is 1. The molecule has 0 radical (unpaired) electrons. The number of hydrogen-bond acceptors (Lipinski definition) is 6. The number of hydrogen-bond donors (Lipinski definition) is 2. The fourth-order valence-corrected chi connectivity index (χ4v) is 6.13. The highest BCUT2D eigenvalue weighted by atomic mass is 32.2. The van der Waals surface area contributed by atoms with Crippen LogP contribution in [-0.4, -0.2) is 33.8 Å². The molecule has 1 aromatic carbocycles. The third-order valence-corrected chi connectivity index (χ3v) is 7.71. The maximum Gasteiger partial charge on any atom is 0.321 e. The van der Waals surface area contributed by atoms with Gasteiger partial charge in [-0.15, -0.1) is 11.3 Å². The number of aromatic nitrogens is 2. The Kier molecular flexibility index (Phi) is 6.34. The molecule has 2 unspecified atom stereocenters. The molecule has 2 aromatic heterocycles. The van der Waals surface area contributed by atoms with Gasteiger partial charge < -0.3 is 5.32 Å². The van der Waals surface area contributed by atoms with Crippen LogP contribution in [0.2, 0.25) is 0 Å². The van der Waals surface area contributed by atoms with Crippen LogP contribution in [0.25, 0.3) is 15.9 Å². The number of carbonyl (C=O) groups is 2. The number of halogens is 1. The molecule has 168 valence electrons. The van der Waals surface area contributed by atoms with Gasteiger partial charge in [0.1, 0.15) is 10.6 Å². The molecule has 2 heterocycles. The van der Waals surface area contributed by atoms with E-state index in [9.17, 15) is 18.8 Å². The van der Waals surface area contributed by atoms with E-state index in [2.05, 4.69) is 17.6 Å². The second-order valence-corrected chi connectivity index (χ2v) is 10.2. The van der Waals surface area contributed by atoms with Crippen molar-refractivity contribution >= 4 is 45.3 Å². The first-order chi connectivity index (χ1) is 15.3. The van der Waals surface area contributed by atoms with Gasteiger partial charge in [-0.2, -0.15) is 0 Å². The number of rotatable bonds is 4. The van der Waals surface area contributed by atoms with E-state index in [1.807, 2.05) is 0 Å². The van der Waals surface area contributed by atoms with Crippen molar-refractivity contribution in [1.29, 1.82) is 0 Å². The van der Waals surface area contributed by atoms with Gasteiger partial charge in [0.25, 0.3) is 5.56 Å². The molecule has 3 aromatic rings. The Morgan fingerprint density at radius 2 is 2.09 bits per heavy atom. The van der Waals surface area contributed by atoms with Gasteiger partial charge in [-0.1, -0.05) is 30.8 Å². The molecule has 0 spiro atoms. The summed E-state index contributed by atoms with van der Waals surface area (Å²) in [6, 6.07) is 5.38. The van der Waals surface area contributed by atoms with Crippen LogP contribution >= 0.6 is 23.1 Å². The number of thiophene rings is 1. The number of thioether (sulfide) groups is 1. The molecule has 4 rings (SSSR count). The van der Waals surface area contributed by atoms with Crippen LogP contribution in [0.4, 0.5) is 9.18 Å². The summed E-state index contributed by atoms with van der Waals surface area (Å²) in [7, 11) is 1.41. The minimum absolute atomic E-state index is 0.0810. The van der Waals surface area contributed by atoms with Gasteiger partial charge in [0, 0.05) is 11.9 Å². The summed E-state index contributed by atoms with van der Waals surface area (Å²) in [5.41, 5.74) is 0.749. The molecule has 1 aliphatic carbocycles. The topological polar surface area (TPSA) is 93.1 Å². The van der Waals surface area contributed by atoms with Crippen molar-refractivity contribution in [3.63, 3.8) is 0 Å². The van der Waals surface area contributed by atoms with Crippen molar-refractivity contribution in [2.24, 2.45) is 5.92 Å². The Bertz CT molecular complexity index is 1270. The largest absolute Gasteiger partial charge is 0.341 e. The zero-order valence-corrected chi connectivity index (χ0v) is 19.5. The molecular formula is C22H23FN4O3S2. The average molecular weight is 475 g/mol. The van der Waals surface area contributed by atoms with Gasteiger partial charge in [-0.25, -0.2) is 14.2 Å². The monoisotopic (exact) mass is 474 g/mol. The summed E-state index contributed by atoms with van der Waals surface area (Å²) >= 11 is 2.50. The van der Waals surface area contributed by atoms with E-state index < -0.39 is 23.0 Å². The first-order valence-corrected chi connectivity index (χ1v) is 12.0. The Labute approximate surface area is 192 Å². The molecule has 10 heteroatoms. The molecule has 2 atom stereocenters. The molecule has 0 saturated carbocycles. The summed E-state index contributed by atoms with van der Waals surface area (Å²) in [5.74, 6) is -0.563. The second kappa shape index (κ2) is 9.03. The van der Waals surface area contributed by atoms with Crippen LogP contribution in [0.5, 0.6) is 0 Å². The molecule has 32 heavy (non-hydrogen) atoms. The molecule has 2 N–H and O–H groups in total. The molecule has 0 aliphatic heterocycles. The number of nitrogens with zero attached hydrogens (tertiary/aromatic N) is 2. The quantitative estimate of drug-likeness (QED) is 0.445. The Balaban J connectivity index is 1.86. The highest BCUT2D eigenvalue weighted by Crippen LogP contribution is 2.37. The second-order valence-electron chi connectivity index (χ2n) is 7.85. The number of para-hydroxylation sites is 1. The van der Waals surface area contributed by atoms with Crippen molar-refractivity contribution in [1.82, 2.24) is 20.2 Å². The molecule has 7 nitrogen and oxygen atoms in total. The third kappa shape index (κ3) is 4.16. The van der Waals surface area contributed by atoms with Crippen molar-refractivity contribution in [3.8, 4) is 5.69 Å². The van der Waals surface area contributed by atoms with E-state index in [-0.39, 0.29) is 16.4 Å². The fourth-order valence-electron chi connectivity index (χ4n) is 3.78. The van der Waals surface area contributed by atoms with Gasteiger partial charge in [0.2, 0.25) is 5.91 Å². The summed E-state index contributed by atoms with van der Waals surface area (Å²) in [6.45, 7) is 3.79. The van der Waals surface area contributed by atoms with E-state index in [1.54, 1.807) is 19.1 Å². The van der Waals surface area contributed by atoms with Crippen LogP contribution in [0.1, 0.15) is 30.7 Å². The molecule has 0 bridgehead atoms. The van der Waals surface area contributed by atoms with Crippen molar-refractivity contribution in [2.45, 2.75) is 43.5 Å². The Hall–Kier alpha value is -2.72. The average Bonchev–Trinajstić information content (AvgIpc) is 3.12. The lowest BCUT2D eigenvalue weighted by Gasteiger charge is -2.18. The van der Waals surface area contributed by atoms with Gasteiger partial charge in [-0.05, 0) is 49.8 Å². The lowest BCUT2D eigenvalue weighted by atomic mass is 9.89. The number of carbonyl (C=O) groups excluding carboxylic acids is 2. The van der Waals surface area contributed by atoms with E-state index in [4.69, 9.17) is 4.98 Å². The van der Waals surface area contributed by atoms with Gasteiger partial charge in [0.05, 0.1) is 16.3 Å². The SMILES string of the molecule is CNC(=O)NC(=O)C(C)Sc1nc2sc3c(c2c(=O)n1-c1ccccc1F)CCC(C)C3. The number of nitrogens with one attached hydrogen (secondary N) is 2. The van der Waals surface area contributed by atoms with Gasteiger partial charge in [0.15, 0.2) is 5.16 Å². The van der Waals surface area contributed by atoms with E-state index in [0.29, 0.717) is 16.1 Å². The van der Waals surface area contributed by atoms with Crippen LogP contribution in [0, 0.1) is 11.7 Å². The number of fused-ring (bicyclic) bond motifs is 3. The summed E-state index contributed by atoms with van der Waals surface area (Å²) in [4.78, 5) is 44.0. The number of urea groups is 1. The standard InChI is InChI=1S/C22H23FN4O3S2/c1-11-8-9-13-16(10-11)32-19-17(13)20(29)27(15-7-5-4-6-14(15)23)22(26-19)31-12(2)18(28)25-21(30)24-3/h4-7,11-12H,8-10H2,1-3H3,(H2,24,25,28,30). The maximum atomic E-state index is 14.7. The highest BCUT2D eigenvalue weighted by molar-refractivity contribution is 8.00. The number of benzene rings is 1. The van der Waals surface area contributed by atoms with Crippen molar-refractivity contribution in [3.05, 3.63) is 50.9 Å².